The Morgan fingerprint density at radius 2 is 1.77 bits per heavy atom. The maximum atomic E-state index is 9.01. The van der Waals surface area contributed by atoms with Crippen LogP contribution in [0.15, 0.2) is 0 Å². The van der Waals surface area contributed by atoms with Gasteiger partial charge >= 0.3 is 0 Å². The molecule has 3 nitrogen and oxygen atoms in total. The summed E-state index contributed by atoms with van der Waals surface area (Å²) in [6.07, 6.45) is -0.159. The van der Waals surface area contributed by atoms with E-state index >= 15 is 0 Å². The van der Waals surface area contributed by atoms with Crippen molar-refractivity contribution in [3.63, 3.8) is 0 Å². The number of ether oxygens (including phenoxy) is 1. The van der Waals surface area contributed by atoms with E-state index < -0.39 is 0 Å². The molecule has 0 bridgehead atoms. The first-order chi connectivity index (χ1) is 6.10. The van der Waals surface area contributed by atoms with Gasteiger partial charge in [-0.1, -0.05) is 13.8 Å². The number of rotatable bonds is 7. The van der Waals surface area contributed by atoms with Crippen molar-refractivity contribution in [3.05, 3.63) is 0 Å². The summed E-state index contributed by atoms with van der Waals surface area (Å²) in [6, 6.07) is 0. The van der Waals surface area contributed by atoms with E-state index in [4.69, 9.17) is 9.84 Å². The third-order valence-electron chi connectivity index (χ3n) is 2.03. The van der Waals surface area contributed by atoms with E-state index in [1.165, 1.54) is 0 Å². The number of hydrogen-bond donors (Lipinski definition) is 1. The second-order valence-electron chi connectivity index (χ2n) is 3.48. The van der Waals surface area contributed by atoms with Gasteiger partial charge in [0.25, 0.3) is 0 Å². The molecule has 0 aromatic heterocycles. The largest absolute Gasteiger partial charge is 0.391 e. The normalized spacial score (nSPS) is 16.2. The zero-order valence-corrected chi connectivity index (χ0v) is 9.29. The molecule has 13 heavy (non-hydrogen) atoms. The molecule has 2 atom stereocenters. The van der Waals surface area contributed by atoms with E-state index in [-0.39, 0.29) is 12.2 Å². The second-order valence-corrected chi connectivity index (χ2v) is 3.48. The Kier molecular flexibility index (Phi) is 7.23. The first-order valence-corrected chi connectivity index (χ1v) is 5.12. The van der Waals surface area contributed by atoms with E-state index in [2.05, 4.69) is 18.7 Å². The molecule has 1 N–H and O–H groups in total. The molecule has 0 radical (unpaired) electrons. The molecule has 0 aromatic carbocycles. The summed E-state index contributed by atoms with van der Waals surface area (Å²) in [5, 5.41) is 9.01. The SMILES string of the molecule is CCN(CC)CC(C)OCC(C)O. The van der Waals surface area contributed by atoms with Crippen molar-refractivity contribution in [3.8, 4) is 0 Å². The summed E-state index contributed by atoms with van der Waals surface area (Å²) in [7, 11) is 0. The average Bonchev–Trinajstić information content (AvgIpc) is 2.10. The van der Waals surface area contributed by atoms with E-state index in [0.29, 0.717) is 6.61 Å². The predicted molar refractivity (Wildman–Crippen MR) is 54.9 cm³/mol. The third kappa shape index (κ3) is 6.99. The number of nitrogens with zero attached hydrogens (tertiary/aromatic N) is 1. The maximum absolute atomic E-state index is 9.01. The van der Waals surface area contributed by atoms with Gasteiger partial charge in [-0.25, -0.2) is 0 Å². The third-order valence-corrected chi connectivity index (χ3v) is 2.03. The average molecular weight is 189 g/mol. The van der Waals surface area contributed by atoms with Gasteiger partial charge in [-0.15, -0.1) is 0 Å². The smallest absolute Gasteiger partial charge is 0.0745 e. The molecule has 0 aliphatic carbocycles. The zero-order valence-electron chi connectivity index (χ0n) is 9.29. The lowest BCUT2D eigenvalue weighted by atomic mass is 10.3. The number of aliphatic hydroxyl groups excluding tert-OH is 1. The highest BCUT2D eigenvalue weighted by atomic mass is 16.5. The van der Waals surface area contributed by atoms with Gasteiger partial charge in [0.1, 0.15) is 0 Å². The van der Waals surface area contributed by atoms with E-state index in [1.807, 2.05) is 6.92 Å². The van der Waals surface area contributed by atoms with Gasteiger partial charge in [0.15, 0.2) is 0 Å². The summed E-state index contributed by atoms with van der Waals surface area (Å²) in [5.41, 5.74) is 0. The first-order valence-electron chi connectivity index (χ1n) is 5.12. The topological polar surface area (TPSA) is 32.7 Å². The van der Waals surface area contributed by atoms with Gasteiger partial charge in [0.2, 0.25) is 0 Å². The molecule has 0 heterocycles. The molecule has 3 heteroatoms. The molecule has 0 amide bonds. The van der Waals surface area contributed by atoms with Crippen molar-refractivity contribution in [1.29, 1.82) is 0 Å². The van der Waals surface area contributed by atoms with Crippen LogP contribution in [0.25, 0.3) is 0 Å². The molecule has 0 aromatic rings. The molecule has 0 aliphatic heterocycles. The Morgan fingerprint density at radius 1 is 1.23 bits per heavy atom. The molecular formula is C10H23NO2. The van der Waals surface area contributed by atoms with E-state index in [9.17, 15) is 0 Å². The van der Waals surface area contributed by atoms with Gasteiger partial charge in [0, 0.05) is 6.54 Å². The minimum absolute atomic E-state index is 0.203. The summed E-state index contributed by atoms with van der Waals surface area (Å²) in [4.78, 5) is 2.31. The Labute approximate surface area is 81.7 Å². The lowest BCUT2D eigenvalue weighted by molar-refractivity contribution is -0.00809. The van der Waals surface area contributed by atoms with Gasteiger partial charge in [-0.3, -0.25) is 0 Å². The monoisotopic (exact) mass is 189 g/mol. The van der Waals surface area contributed by atoms with Crippen molar-refractivity contribution in [2.75, 3.05) is 26.2 Å². The van der Waals surface area contributed by atoms with E-state index in [0.717, 1.165) is 19.6 Å². The van der Waals surface area contributed by atoms with Crippen LogP contribution in [-0.2, 0) is 4.74 Å². The molecule has 80 valence electrons. The zero-order chi connectivity index (χ0) is 10.3. The molecular weight excluding hydrogens is 166 g/mol. The van der Waals surface area contributed by atoms with Gasteiger partial charge in [-0.2, -0.15) is 0 Å². The highest BCUT2D eigenvalue weighted by molar-refractivity contribution is 4.59. The van der Waals surface area contributed by atoms with Gasteiger partial charge in [-0.05, 0) is 26.9 Å². The number of likely N-dealkylation sites (N-methyl/N-ethyl adjacent to an activating group) is 1. The van der Waals surface area contributed by atoms with Crippen LogP contribution in [0, 0.1) is 0 Å². The van der Waals surface area contributed by atoms with Gasteiger partial charge in [0.05, 0.1) is 18.8 Å². The Balaban J connectivity index is 3.53. The quantitative estimate of drug-likeness (QED) is 0.651. The van der Waals surface area contributed by atoms with Gasteiger partial charge < -0.3 is 14.7 Å². The van der Waals surface area contributed by atoms with Crippen LogP contribution in [0.1, 0.15) is 27.7 Å². The molecule has 0 fully saturated rings. The fraction of sp³-hybridized carbons (Fsp3) is 1.00. The highest BCUT2D eigenvalue weighted by Crippen LogP contribution is 1.97. The van der Waals surface area contributed by atoms with Crippen molar-refractivity contribution < 1.29 is 9.84 Å². The molecule has 0 aliphatic rings. The molecule has 0 saturated heterocycles. The number of hydrogen-bond acceptors (Lipinski definition) is 3. The fourth-order valence-corrected chi connectivity index (χ4v) is 1.20. The van der Waals surface area contributed by atoms with Crippen LogP contribution in [0.2, 0.25) is 0 Å². The first kappa shape index (κ1) is 12.9. The number of aliphatic hydroxyl groups is 1. The van der Waals surface area contributed by atoms with Crippen molar-refractivity contribution in [1.82, 2.24) is 4.90 Å². The van der Waals surface area contributed by atoms with Crippen LogP contribution in [0.4, 0.5) is 0 Å². The minimum Gasteiger partial charge on any atom is -0.391 e. The second kappa shape index (κ2) is 7.30. The van der Waals surface area contributed by atoms with Crippen molar-refractivity contribution in [2.45, 2.75) is 39.9 Å². The lowest BCUT2D eigenvalue weighted by Crippen LogP contribution is -2.33. The molecule has 2 unspecified atom stereocenters. The summed E-state index contributed by atoms with van der Waals surface area (Å²) >= 11 is 0. The van der Waals surface area contributed by atoms with Crippen LogP contribution in [0.3, 0.4) is 0 Å². The van der Waals surface area contributed by atoms with Crippen molar-refractivity contribution >= 4 is 0 Å². The standard InChI is InChI=1S/C10H23NO2/c1-5-11(6-2)7-10(4)13-8-9(3)12/h9-10,12H,5-8H2,1-4H3. The van der Waals surface area contributed by atoms with Crippen LogP contribution < -0.4 is 0 Å². The summed E-state index contributed by atoms with van der Waals surface area (Å²) in [6.45, 7) is 11.6. The lowest BCUT2D eigenvalue weighted by Gasteiger charge is -2.23. The minimum atomic E-state index is -0.362. The predicted octanol–water partition coefficient (Wildman–Crippen LogP) is 1.11. The Hall–Kier alpha value is -0.120. The maximum Gasteiger partial charge on any atom is 0.0745 e. The van der Waals surface area contributed by atoms with Crippen LogP contribution in [-0.4, -0.2) is 48.5 Å². The van der Waals surface area contributed by atoms with E-state index in [1.54, 1.807) is 6.92 Å². The molecule has 0 spiro atoms. The Bertz CT molecular complexity index is 113. The van der Waals surface area contributed by atoms with Crippen LogP contribution >= 0.6 is 0 Å². The molecule has 0 rings (SSSR count). The van der Waals surface area contributed by atoms with Crippen LogP contribution in [0.5, 0.6) is 0 Å². The summed E-state index contributed by atoms with van der Waals surface area (Å²) in [5.74, 6) is 0. The highest BCUT2D eigenvalue weighted by Gasteiger charge is 2.07. The van der Waals surface area contributed by atoms with Crippen molar-refractivity contribution in [2.24, 2.45) is 0 Å². The Morgan fingerprint density at radius 3 is 2.15 bits per heavy atom. The summed E-state index contributed by atoms with van der Waals surface area (Å²) < 4.78 is 5.45. The fourth-order valence-electron chi connectivity index (χ4n) is 1.20. The molecule has 0 saturated carbocycles.